The predicted octanol–water partition coefficient (Wildman–Crippen LogP) is 3.65. The molecule has 0 aromatic heterocycles. The van der Waals surface area contributed by atoms with Crippen LogP contribution in [-0.4, -0.2) is 24.9 Å². The summed E-state index contributed by atoms with van der Waals surface area (Å²) in [6, 6.07) is 17.6. The summed E-state index contributed by atoms with van der Waals surface area (Å²) in [6.07, 6.45) is 0. The molecule has 29 heavy (non-hydrogen) atoms. The molecule has 2 N–H and O–H groups in total. The van der Waals surface area contributed by atoms with Crippen LogP contribution in [0.2, 0.25) is 0 Å². The van der Waals surface area contributed by atoms with E-state index in [1.165, 1.54) is 37.4 Å². The largest absolute Gasteiger partial charge is 0.465 e. The minimum atomic E-state index is -0.497. The number of benzene rings is 3. The van der Waals surface area contributed by atoms with Gasteiger partial charge in [0, 0.05) is 5.69 Å². The van der Waals surface area contributed by atoms with Crippen molar-refractivity contribution in [2.45, 2.75) is 0 Å². The van der Waals surface area contributed by atoms with Crippen molar-refractivity contribution in [1.82, 2.24) is 0 Å². The fourth-order valence-electron chi connectivity index (χ4n) is 3.05. The molecule has 3 aromatic rings. The molecule has 7 nitrogen and oxygen atoms in total. The van der Waals surface area contributed by atoms with Gasteiger partial charge in [-0.1, -0.05) is 0 Å². The van der Waals surface area contributed by atoms with Crippen molar-refractivity contribution in [3.63, 3.8) is 0 Å². The van der Waals surface area contributed by atoms with Gasteiger partial charge in [-0.25, -0.2) is 9.69 Å². The maximum Gasteiger partial charge on any atom is 0.337 e. The van der Waals surface area contributed by atoms with Crippen LogP contribution in [0.4, 0.5) is 11.4 Å². The number of carbonyl (C=O) groups is 3. The highest BCUT2D eigenvalue weighted by Gasteiger charge is 2.37. The highest BCUT2D eigenvalue weighted by atomic mass is 16.5. The van der Waals surface area contributed by atoms with Crippen LogP contribution in [-0.2, 0) is 4.74 Å². The molecule has 0 aliphatic carbocycles. The smallest absolute Gasteiger partial charge is 0.337 e. The zero-order valence-corrected chi connectivity index (χ0v) is 15.4. The standard InChI is InChI=1S/C22H16N2O5/c1-28-22(27)13-2-6-15(7-3-13)24-20(25)18-11-10-17(12-19(18)21(24)26)29-16-8-4-14(23)5-9-16/h2-12H,23H2,1H3. The third-order valence-electron chi connectivity index (χ3n) is 4.52. The van der Waals surface area contributed by atoms with Crippen molar-refractivity contribution in [2.24, 2.45) is 0 Å². The number of methoxy groups -OCH3 is 1. The molecular weight excluding hydrogens is 372 g/mol. The van der Waals surface area contributed by atoms with E-state index in [2.05, 4.69) is 4.74 Å². The lowest BCUT2D eigenvalue weighted by molar-refractivity contribution is 0.0600. The van der Waals surface area contributed by atoms with E-state index in [0.29, 0.717) is 28.4 Å². The SMILES string of the molecule is COC(=O)c1ccc(N2C(=O)c3ccc(Oc4ccc(N)cc4)cc3C2=O)cc1. The number of rotatable bonds is 4. The molecule has 0 spiro atoms. The zero-order valence-electron chi connectivity index (χ0n) is 15.4. The van der Waals surface area contributed by atoms with Crippen molar-refractivity contribution in [3.8, 4) is 11.5 Å². The van der Waals surface area contributed by atoms with Gasteiger partial charge in [0.25, 0.3) is 11.8 Å². The second-order valence-electron chi connectivity index (χ2n) is 6.36. The van der Waals surface area contributed by atoms with Crippen LogP contribution in [0.1, 0.15) is 31.1 Å². The Morgan fingerprint density at radius 2 is 1.45 bits per heavy atom. The lowest BCUT2D eigenvalue weighted by atomic mass is 10.1. The first-order chi connectivity index (χ1) is 14.0. The van der Waals surface area contributed by atoms with Gasteiger partial charge in [-0.15, -0.1) is 0 Å². The van der Waals surface area contributed by atoms with Crippen LogP contribution >= 0.6 is 0 Å². The molecule has 1 heterocycles. The molecule has 3 aromatic carbocycles. The molecule has 0 radical (unpaired) electrons. The first-order valence-corrected chi connectivity index (χ1v) is 8.72. The Labute approximate surface area is 166 Å². The number of fused-ring (bicyclic) bond motifs is 1. The van der Waals surface area contributed by atoms with E-state index in [9.17, 15) is 14.4 Å². The van der Waals surface area contributed by atoms with Gasteiger partial charge < -0.3 is 15.2 Å². The molecule has 0 saturated carbocycles. The quantitative estimate of drug-likeness (QED) is 0.416. The van der Waals surface area contributed by atoms with Crippen molar-refractivity contribution >= 4 is 29.2 Å². The second-order valence-corrected chi connectivity index (χ2v) is 6.36. The van der Waals surface area contributed by atoms with E-state index in [-0.39, 0.29) is 11.1 Å². The van der Waals surface area contributed by atoms with Crippen LogP contribution in [0.5, 0.6) is 11.5 Å². The van der Waals surface area contributed by atoms with Gasteiger partial charge in [-0.2, -0.15) is 0 Å². The first-order valence-electron chi connectivity index (χ1n) is 8.72. The number of amides is 2. The number of nitrogen functional groups attached to an aromatic ring is 1. The van der Waals surface area contributed by atoms with Gasteiger partial charge in [0.05, 0.1) is 29.5 Å². The monoisotopic (exact) mass is 388 g/mol. The van der Waals surface area contributed by atoms with Crippen molar-refractivity contribution < 1.29 is 23.9 Å². The Kier molecular flexibility index (Phi) is 4.48. The fraction of sp³-hybridized carbons (Fsp3) is 0.0455. The van der Waals surface area contributed by atoms with Gasteiger partial charge in [-0.05, 0) is 66.7 Å². The van der Waals surface area contributed by atoms with E-state index in [0.717, 1.165) is 4.90 Å². The number of nitrogens with two attached hydrogens (primary N) is 1. The Morgan fingerprint density at radius 1 is 0.828 bits per heavy atom. The summed E-state index contributed by atoms with van der Waals surface area (Å²) in [5.74, 6) is -0.402. The normalized spacial score (nSPS) is 12.7. The second kappa shape index (κ2) is 7.12. The average Bonchev–Trinajstić information content (AvgIpc) is 2.99. The molecular formula is C22H16N2O5. The topological polar surface area (TPSA) is 98.9 Å². The maximum absolute atomic E-state index is 12.9. The van der Waals surface area contributed by atoms with Crippen molar-refractivity contribution in [2.75, 3.05) is 17.7 Å². The number of carbonyl (C=O) groups excluding carboxylic acids is 3. The van der Waals surface area contributed by atoms with Gasteiger partial charge in [0.2, 0.25) is 0 Å². The van der Waals surface area contributed by atoms with Crippen LogP contribution < -0.4 is 15.4 Å². The molecule has 0 atom stereocenters. The molecule has 0 saturated heterocycles. The Morgan fingerprint density at radius 3 is 2.10 bits per heavy atom. The number of imide groups is 1. The van der Waals surface area contributed by atoms with Crippen LogP contribution in [0.25, 0.3) is 0 Å². The van der Waals surface area contributed by atoms with Crippen molar-refractivity contribution in [1.29, 1.82) is 0 Å². The number of ether oxygens (including phenoxy) is 2. The highest BCUT2D eigenvalue weighted by Crippen LogP contribution is 2.32. The molecule has 1 aliphatic rings. The fourth-order valence-corrected chi connectivity index (χ4v) is 3.05. The zero-order chi connectivity index (χ0) is 20.5. The number of nitrogens with zero attached hydrogens (tertiary/aromatic N) is 1. The summed E-state index contributed by atoms with van der Waals surface area (Å²) in [5.41, 5.74) is 7.50. The summed E-state index contributed by atoms with van der Waals surface area (Å²) >= 11 is 0. The maximum atomic E-state index is 12.9. The third-order valence-corrected chi connectivity index (χ3v) is 4.52. The number of anilines is 2. The number of hydrogen-bond donors (Lipinski definition) is 1. The molecule has 1 aliphatic heterocycles. The first kappa shape index (κ1) is 18.2. The molecule has 0 unspecified atom stereocenters. The summed E-state index contributed by atoms with van der Waals surface area (Å²) in [4.78, 5) is 38.3. The highest BCUT2D eigenvalue weighted by molar-refractivity contribution is 6.34. The van der Waals surface area contributed by atoms with E-state index in [4.69, 9.17) is 10.5 Å². The molecule has 0 bridgehead atoms. The van der Waals surface area contributed by atoms with Gasteiger partial charge >= 0.3 is 5.97 Å². The van der Waals surface area contributed by atoms with Crippen LogP contribution in [0.3, 0.4) is 0 Å². The minimum absolute atomic E-state index is 0.250. The summed E-state index contributed by atoms with van der Waals surface area (Å²) in [6.45, 7) is 0. The molecule has 2 amide bonds. The number of hydrogen-bond acceptors (Lipinski definition) is 6. The minimum Gasteiger partial charge on any atom is -0.465 e. The van der Waals surface area contributed by atoms with Gasteiger partial charge in [0.1, 0.15) is 11.5 Å². The molecule has 0 fully saturated rings. The Balaban J connectivity index is 1.61. The van der Waals surface area contributed by atoms with Crippen LogP contribution in [0, 0.1) is 0 Å². The van der Waals surface area contributed by atoms with Gasteiger partial charge in [0.15, 0.2) is 0 Å². The summed E-state index contributed by atoms with van der Waals surface area (Å²) in [5, 5.41) is 0. The van der Waals surface area contributed by atoms with Gasteiger partial charge in [-0.3, -0.25) is 9.59 Å². The molecule has 7 heteroatoms. The molecule has 4 rings (SSSR count). The van der Waals surface area contributed by atoms with E-state index in [1.54, 1.807) is 36.4 Å². The summed E-state index contributed by atoms with van der Waals surface area (Å²) in [7, 11) is 1.28. The number of esters is 1. The lowest BCUT2D eigenvalue weighted by Crippen LogP contribution is -2.29. The molecule has 144 valence electrons. The van der Waals surface area contributed by atoms with E-state index >= 15 is 0 Å². The van der Waals surface area contributed by atoms with Crippen LogP contribution in [0.15, 0.2) is 66.7 Å². The van der Waals surface area contributed by atoms with E-state index < -0.39 is 17.8 Å². The third kappa shape index (κ3) is 3.29. The van der Waals surface area contributed by atoms with E-state index in [1.807, 2.05) is 0 Å². The predicted molar refractivity (Wildman–Crippen MR) is 106 cm³/mol. The average molecular weight is 388 g/mol. The Hall–Kier alpha value is -4.13. The Bertz CT molecular complexity index is 1120. The van der Waals surface area contributed by atoms with Crippen molar-refractivity contribution in [3.05, 3.63) is 83.4 Å². The lowest BCUT2D eigenvalue weighted by Gasteiger charge is -2.14. The summed E-state index contributed by atoms with van der Waals surface area (Å²) < 4.78 is 10.4.